The van der Waals surface area contributed by atoms with Crippen molar-refractivity contribution < 1.29 is 19.1 Å². The fraction of sp³-hybridized carbons (Fsp3) is 0.304. The lowest BCUT2D eigenvalue weighted by molar-refractivity contribution is -0.143. The number of benzene rings is 2. The number of thiophene rings is 1. The van der Waals surface area contributed by atoms with Gasteiger partial charge in [0, 0.05) is 23.2 Å². The average molecular weight is 438 g/mol. The number of esters is 1. The van der Waals surface area contributed by atoms with Crippen LogP contribution < -0.4 is 4.74 Å². The van der Waals surface area contributed by atoms with Gasteiger partial charge in [0.05, 0.1) is 20.1 Å². The molecule has 2 heterocycles. The molecule has 4 aromatic rings. The van der Waals surface area contributed by atoms with Gasteiger partial charge in [0.1, 0.15) is 16.8 Å². The number of fused-ring (bicyclic) bond motifs is 2. The fourth-order valence-electron chi connectivity index (χ4n) is 4.07. The molecule has 0 N–H and O–H groups in total. The molecule has 1 atom stereocenters. The summed E-state index contributed by atoms with van der Waals surface area (Å²) in [4.78, 5) is 24.3. The standard InChI is InChI=1S/C23H23N3O4S/c1-5-30-20(28)11-18(15-8-14-6-7-31-23(14)16(9-15)12-27)17-10-19(29-4)22-21(13(17)2)24-25-26(22)3/h6-10,12,18H,5,11H2,1-4H3. The van der Waals surface area contributed by atoms with Crippen LogP contribution >= 0.6 is 11.3 Å². The number of aldehydes is 1. The van der Waals surface area contributed by atoms with Crippen molar-refractivity contribution >= 4 is 44.7 Å². The van der Waals surface area contributed by atoms with E-state index in [0.29, 0.717) is 17.9 Å². The minimum atomic E-state index is -0.331. The molecule has 0 spiro atoms. The van der Waals surface area contributed by atoms with Crippen LogP contribution in [0.25, 0.3) is 21.1 Å². The lowest BCUT2D eigenvalue weighted by Gasteiger charge is -2.21. The second-order valence-electron chi connectivity index (χ2n) is 7.33. The number of aromatic nitrogens is 3. The van der Waals surface area contributed by atoms with Gasteiger partial charge in [-0.3, -0.25) is 9.59 Å². The largest absolute Gasteiger partial charge is 0.494 e. The maximum Gasteiger partial charge on any atom is 0.306 e. The van der Waals surface area contributed by atoms with E-state index < -0.39 is 0 Å². The number of ether oxygens (including phenoxy) is 2. The molecule has 4 rings (SSSR count). The highest BCUT2D eigenvalue weighted by Crippen LogP contribution is 2.39. The van der Waals surface area contributed by atoms with Crippen molar-refractivity contribution in [2.45, 2.75) is 26.2 Å². The average Bonchev–Trinajstić information content (AvgIpc) is 3.39. The van der Waals surface area contributed by atoms with Gasteiger partial charge in [0.2, 0.25) is 0 Å². The maximum atomic E-state index is 12.5. The first kappa shape index (κ1) is 21.0. The number of methoxy groups -OCH3 is 1. The highest BCUT2D eigenvalue weighted by molar-refractivity contribution is 7.17. The summed E-state index contributed by atoms with van der Waals surface area (Å²) >= 11 is 1.53. The van der Waals surface area contributed by atoms with Gasteiger partial charge in [-0.25, -0.2) is 4.68 Å². The summed E-state index contributed by atoms with van der Waals surface area (Å²) in [5.74, 6) is -0.00489. The third-order valence-corrected chi connectivity index (χ3v) is 6.52. The van der Waals surface area contributed by atoms with Crippen LogP contribution in [0.3, 0.4) is 0 Å². The molecule has 31 heavy (non-hydrogen) atoms. The van der Waals surface area contributed by atoms with Crippen LogP contribution in [-0.2, 0) is 16.6 Å². The van der Waals surface area contributed by atoms with Crippen molar-refractivity contribution in [1.82, 2.24) is 15.0 Å². The van der Waals surface area contributed by atoms with Crippen molar-refractivity contribution in [1.29, 1.82) is 0 Å². The molecule has 1 unspecified atom stereocenters. The highest BCUT2D eigenvalue weighted by atomic mass is 32.1. The van der Waals surface area contributed by atoms with Crippen LogP contribution in [-0.4, -0.2) is 41.0 Å². The molecule has 0 aliphatic carbocycles. The van der Waals surface area contributed by atoms with Gasteiger partial charge in [-0.15, -0.1) is 16.4 Å². The van der Waals surface area contributed by atoms with Gasteiger partial charge in [-0.05, 0) is 65.6 Å². The number of rotatable bonds is 7. The molecule has 8 heteroatoms. The van der Waals surface area contributed by atoms with Crippen molar-refractivity contribution in [3.8, 4) is 5.75 Å². The summed E-state index contributed by atoms with van der Waals surface area (Å²) in [5.41, 5.74) is 4.80. The number of hydrogen-bond donors (Lipinski definition) is 0. The van der Waals surface area contributed by atoms with Crippen molar-refractivity contribution in [3.63, 3.8) is 0 Å². The summed E-state index contributed by atoms with van der Waals surface area (Å²) in [6, 6.07) is 7.82. The van der Waals surface area contributed by atoms with Crippen LogP contribution in [0.1, 0.15) is 46.3 Å². The lowest BCUT2D eigenvalue weighted by atomic mass is 9.84. The molecule has 0 aliphatic heterocycles. The maximum absolute atomic E-state index is 12.5. The minimum Gasteiger partial charge on any atom is -0.494 e. The van der Waals surface area contributed by atoms with Crippen LogP contribution in [0, 0.1) is 6.92 Å². The normalized spacial score (nSPS) is 12.3. The zero-order valence-electron chi connectivity index (χ0n) is 17.8. The van der Waals surface area contributed by atoms with E-state index in [1.807, 2.05) is 43.6 Å². The molecule has 0 fully saturated rings. The molecule has 0 aliphatic rings. The van der Waals surface area contributed by atoms with E-state index in [9.17, 15) is 9.59 Å². The van der Waals surface area contributed by atoms with Gasteiger partial charge in [0.25, 0.3) is 0 Å². The van der Waals surface area contributed by atoms with Crippen LogP contribution in [0.4, 0.5) is 0 Å². The van der Waals surface area contributed by atoms with E-state index in [1.165, 1.54) is 11.3 Å². The van der Waals surface area contributed by atoms with Gasteiger partial charge in [0.15, 0.2) is 6.29 Å². The summed E-state index contributed by atoms with van der Waals surface area (Å²) in [6.45, 7) is 4.06. The topological polar surface area (TPSA) is 83.3 Å². The molecule has 0 radical (unpaired) electrons. The van der Waals surface area contributed by atoms with Crippen LogP contribution in [0.15, 0.2) is 29.6 Å². The Kier molecular flexibility index (Phi) is 5.73. The van der Waals surface area contributed by atoms with Crippen molar-refractivity contribution in [2.75, 3.05) is 13.7 Å². The smallest absolute Gasteiger partial charge is 0.306 e. The summed E-state index contributed by atoms with van der Waals surface area (Å²) in [7, 11) is 3.41. The molecule has 2 aromatic heterocycles. The van der Waals surface area contributed by atoms with E-state index in [0.717, 1.165) is 44.1 Å². The Hall–Kier alpha value is -3.26. The van der Waals surface area contributed by atoms with Gasteiger partial charge in [-0.1, -0.05) is 5.21 Å². The predicted octanol–water partition coefficient (Wildman–Crippen LogP) is 4.40. The second-order valence-corrected chi connectivity index (χ2v) is 8.25. The Morgan fingerprint density at radius 3 is 2.84 bits per heavy atom. The summed E-state index contributed by atoms with van der Waals surface area (Å²) < 4.78 is 13.5. The second kappa shape index (κ2) is 8.47. The third-order valence-electron chi connectivity index (χ3n) is 5.54. The van der Waals surface area contributed by atoms with Crippen molar-refractivity contribution in [3.05, 3.63) is 51.9 Å². The number of nitrogens with zero attached hydrogens (tertiary/aromatic N) is 3. The molecule has 0 saturated heterocycles. The Balaban J connectivity index is 1.95. The molecule has 0 bridgehead atoms. The van der Waals surface area contributed by atoms with E-state index in [1.54, 1.807) is 18.7 Å². The van der Waals surface area contributed by atoms with E-state index in [4.69, 9.17) is 9.47 Å². The number of aryl methyl sites for hydroxylation is 2. The molecule has 0 saturated carbocycles. The zero-order valence-corrected chi connectivity index (χ0v) is 18.7. The van der Waals surface area contributed by atoms with Gasteiger partial charge >= 0.3 is 5.97 Å². The first-order valence-corrected chi connectivity index (χ1v) is 10.8. The van der Waals surface area contributed by atoms with E-state index >= 15 is 0 Å². The van der Waals surface area contributed by atoms with Gasteiger partial charge < -0.3 is 9.47 Å². The zero-order chi connectivity index (χ0) is 22.1. The SMILES string of the molecule is CCOC(=O)CC(c1cc(C=O)c2sccc2c1)c1cc(OC)c2c(nnn2C)c1C. The van der Waals surface area contributed by atoms with Crippen molar-refractivity contribution in [2.24, 2.45) is 7.05 Å². The Bertz CT molecular complexity index is 1290. The Morgan fingerprint density at radius 1 is 1.32 bits per heavy atom. The fourth-order valence-corrected chi connectivity index (χ4v) is 4.93. The molecular formula is C23H23N3O4S. The highest BCUT2D eigenvalue weighted by Gasteiger charge is 2.26. The predicted molar refractivity (Wildman–Crippen MR) is 120 cm³/mol. The number of carbonyl (C=O) groups excluding carboxylic acids is 2. The van der Waals surface area contributed by atoms with Gasteiger partial charge in [-0.2, -0.15) is 0 Å². The molecule has 2 aromatic carbocycles. The monoisotopic (exact) mass is 437 g/mol. The molecule has 7 nitrogen and oxygen atoms in total. The third kappa shape index (κ3) is 3.67. The Morgan fingerprint density at radius 2 is 2.13 bits per heavy atom. The van der Waals surface area contributed by atoms with E-state index in [2.05, 4.69) is 10.3 Å². The van der Waals surface area contributed by atoms with Crippen LogP contribution in [0.2, 0.25) is 0 Å². The summed E-state index contributed by atoms with van der Waals surface area (Å²) in [5, 5.41) is 11.4. The number of carbonyl (C=O) groups is 2. The quantitative estimate of drug-likeness (QED) is 0.315. The first-order valence-electron chi connectivity index (χ1n) is 9.97. The first-order chi connectivity index (χ1) is 15.0. The lowest BCUT2D eigenvalue weighted by Crippen LogP contribution is -2.13. The van der Waals surface area contributed by atoms with Crippen LogP contribution in [0.5, 0.6) is 5.75 Å². The molecular weight excluding hydrogens is 414 g/mol. The number of hydrogen-bond acceptors (Lipinski definition) is 7. The Labute approximate surface area is 183 Å². The minimum absolute atomic E-state index is 0.136. The molecule has 160 valence electrons. The molecule has 0 amide bonds. The summed E-state index contributed by atoms with van der Waals surface area (Å²) in [6.07, 6.45) is 1.00. The van der Waals surface area contributed by atoms with E-state index in [-0.39, 0.29) is 18.3 Å².